The molecule has 0 fully saturated rings. The molecule has 0 radical (unpaired) electrons. The lowest BCUT2D eigenvalue weighted by Gasteiger charge is -2.14. The Morgan fingerprint density at radius 1 is 1.33 bits per heavy atom. The van der Waals surface area contributed by atoms with Crippen molar-refractivity contribution in [3.05, 3.63) is 23.3 Å². The van der Waals surface area contributed by atoms with Crippen LogP contribution in [0.25, 0.3) is 0 Å². The van der Waals surface area contributed by atoms with Gasteiger partial charge in [-0.15, -0.1) is 0 Å². The first kappa shape index (κ1) is 11.7. The Balaban J connectivity index is 3.33. The minimum atomic E-state index is -2.75. The number of phenolic OH excluding ortho intramolecular Hbond substituents is 1. The third-order valence-electron chi connectivity index (χ3n) is 2.10. The highest BCUT2D eigenvalue weighted by atomic mass is 19.3. The molecule has 5 heteroatoms. The second-order valence-electron chi connectivity index (χ2n) is 3.24. The Kier molecular flexibility index (Phi) is 3.47. The number of hydrogen-bond donors (Lipinski definition) is 2. The average Bonchev–Trinajstić information content (AvgIpc) is 2.17. The van der Waals surface area contributed by atoms with Gasteiger partial charge in [-0.1, -0.05) is 0 Å². The van der Waals surface area contributed by atoms with E-state index in [0.717, 1.165) is 6.07 Å². The van der Waals surface area contributed by atoms with E-state index in [-0.39, 0.29) is 11.3 Å². The van der Waals surface area contributed by atoms with Crippen LogP contribution in [0.3, 0.4) is 0 Å². The number of rotatable bonds is 3. The third-order valence-corrected chi connectivity index (χ3v) is 2.10. The molecule has 0 aliphatic rings. The van der Waals surface area contributed by atoms with Crippen LogP contribution in [0, 0.1) is 0 Å². The number of benzene rings is 1. The maximum absolute atomic E-state index is 12.5. The molecule has 0 heterocycles. The molecule has 3 N–H and O–H groups in total. The normalized spacial score (nSPS) is 12.9. The summed E-state index contributed by atoms with van der Waals surface area (Å²) in [6.07, 6.45) is -2.75. The zero-order valence-electron chi connectivity index (χ0n) is 8.50. The van der Waals surface area contributed by atoms with E-state index in [4.69, 9.17) is 10.5 Å². The van der Waals surface area contributed by atoms with Gasteiger partial charge in [-0.3, -0.25) is 0 Å². The van der Waals surface area contributed by atoms with E-state index in [9.17, 15) is 13.9 Å². The van der Waals surface area contributed by atoms with E-state index in [0.29, 0.717) is 0 Å². The van der Waals surface area contributed by atoms with Gasteiger partial charge in [0.15, 0.2) is 0 Å². The highest BCUT2D eigenvalue weighted by molar-refractivity contribution is 5.48. The predicted molar refractivity (Wildman–Crippen MR) is 52.2 cm³/mol. The maximum atomic E-state index is 12.5. The molecule has 0 saturated carbocycles. The monoisotopic (exact) mass is 217 g/mol. The fourth-order valence-corrected chi connectivity index (χ4v) is 1.28. The predicted octanol–water partition coefficient (Wildman–Crippen LogP) is 2.36. The fourth-order valence-electron chi connectivity index (χ4n) is 1.28. The van der Waals surface area contributed by atoms with Crippen molar-refractivity contribution in [2.45, 2.75) is 19.4 Å². The summed E-state index contributed by atoms with van der Waals surface area (Å²) in [5.41, 5.74) is 5.34. The van der Waals surface area contributed by atoms with E-state index in [1.807, 2.05) is 0 Å². The number of ether oxygens (including phenoxy) is 1. The third kappa shape index (κ3) is 2.36. The van der Waals surface area contributed by atoms with Crippen LogP contribution in [-0.2, 0) is 0 Å². The maximum Gasteiger partial charge on any atom is 0.267 e. The molecule has 84 valence electrons. The molecule has 0 aliphatic carbocycles. The first-order valence-electron chi connectivity index (χ1n) is 4.42. The first-order valence-corrected chi connectivity index (χ1v) is 4.42. The standard InChI is InChI=1S/C10H13F2NO2/c1-5(13)7-3-6(15-2)4-8(9(7)14)10(11)12/h3-5,10,14H,13H2,1-2H3. The van der Waals surface area contributed by atoms with Gasteiger partial charge in [-0.05, 0) is 19.1 Å². The van der Waals surface area contributed by atoms with E-state index in [1.165, 1.54) is 13.2 Å². The van der Waals surface area contributed by atoms with E-state index >= 15 is 0 Å². The second kappa shape index (κ2) is 4.44. The van der Waals surface area contributed by atoms with Crippen molar-refractivity contribution < 1.29 is 18.6 Å². The zero-order chi connectivity index (χ0) is 11.6. The van der Waals surface area contributed by atoms with Crippen LogP contribution < -0.4 is 10.5 Å². The van der Waals surface area contributed by atoms with Gasteiger partial charge in [-0.2, -0.15) is 0 Å². The molecule has 1 rings (SSSR count). The van der Waals surface area contributed by atoms with Crippen LogP contribution in [0.2, 0.25) is 0 Å². The van der Waals surface area contributed by atoms with Crippen LogP contribution in [0.15, 0.2) is 12.1 Å². The van der Waals surface area contributed by atoms with E-state index in [1.54, 1.807) is 6.92 Å². The first-order chi connectivity index (χ1) is 6.97. The summed E-state index contributed by atoms with van der Waals surface area (Å²) in [5, 5.41) is 9.53. The van der Waals surface area contributed by atoms with E-state index < -0.39 is 23.8 Å². The summed E-state index contributed by atoms with van der Waals surface area (Å²) in [6, 6.07) is 2.02. The molecule has 1 aromatic carbocycles. The Morgan fingerprint density at radius 3 is 2.27 bits per heavy atom. The van der Waals surface area contributed by atoms with Crippen molar-refractivity contribution in [3.8, 4) is 11.5 Å². The van der Waals surface area contributed by atoms with E-state index in [2.05, 4.69) is 0 Å². The summed E-state index contributed by atoms with van der Waals surface area (Å²) in [4.78, 5) is 0. The van der Waals surface area contributed by atoms with Gasteiger partial charge in [0.1, 0.15) is 11.5 Å². The van der Waals surface area contributed by atoms with Gasteiger partial charge < -0.3 is 15.6 Å². The van der Waals surface area contributed by atoms with Crippen LogP contribution in [-0.4, -0.2) is 12.2 Å². The molecule has 0 bridgehead atoms. The summed E-state index contributed by atoms with van der Waals surface area (Å²) in [6.45, 7) is 1.60. The molecule has 1 aromatic rings. The van der Waals surface area contributed by atoms with Gasteiger partial charge in [-0.25, -0.2) is 8.78 Å². The number of aromatic hydroxyl groups is 1. The van der Waals surface area contributed by atoms with Crippen molar-refractivity contribution in [3.63, 3.8) is 0 Å². The number of methoxy groups -OCH3 is 1. The molecule has 15 heavy (non-hydrogen) atoms. The van der Waals surface area contributed by atoms with Gasteiger partial charge in [0.2, 0.25) is 0 Å². The lowest BCUT2D eigenvalue weighted by molar-refractivity contribution is 0.146. The topological polar surface area (TPSA) is 55.5 Å². The summed E-state index contributed by atoms with van der Waals surface area (Å²) in [7, 11) is 1.37. The molecular weight excluding hydrogens is 204 g/mol. The molecule has 0 spiro atoms. The molecule has 0 aromatic heterocycles. The molecule has 0 aliphatic heterocycles. The Labute approximate surface area is 86.5 Å². The lowest BCUT2D eigenvalue weighted by Crippen LogP contribution is -2.07. The Hall–Kier alpha value is -1.36. The van der Waals surface area contributed by atoms with Gasteiger partial charge in [0.25, 0.3) is 6.43 Å². The zero-order valence-corrected chi connectivity index (χ0v) is 8.50. The molecular formula is C10H13F2NO2. The quantitative estimate of drug-likeness (QED) is 0.817. The number of alkyl halides is 2. The average molecular weight is 217 g/mol. The second-order valence-corrected chi connectivity index (χ2v) is 3.24. The molecule has 0 saturated heterocycles. The number of nitrogens with two attached hydrogens (primary N) is 1. The smallest absolute Gasteiger partial charge is 0.267 e. The van der Waals surface area contributed by atoms with Crippen molar-refractivity contribution in [1.82, 2.24) is 0 Å². The summed E-state index contributed by atoms with van der Waals surface area (Å²) >= 11 is 0. The van der Waals surface area contributed by atoms with Crippen LogP contribution >= 0.6 is 0 Å². The number of phenols is 1. The highest BCUT2D eigenvalue weighted by Crippen LogP contribution is 2.37. The number of hydrogen-bond acceptors (Lipinski definition) is 3. The van der Waals surface area contributed by atoms with Crippen molar-refractivity contribution in [1.29, 1.82) is 0 Å². The Bertz CT molecular complexity index is 324. The summed E-state index contributed by atoms with van der Waals surface area (Å²) < 4.78 is 29.9. The highest BCUT2D eigenvalue weighted by Gasteiger charge is 2.19. The Morgan fingerprint density at radius 2 is 1.87 bits per heavy atom. The van der Waals surface area contributed by atoms with Gasteiger partial charge in [0.05, 0.1) is 12.7 Å². The van der Waals surface area contributed by atoms with Gasteiger partial charge >= 0.3 is 0 Å². The fraction of sp³-hybridized carbons (Fsp3) is 0.400. The molecule has 1 atom stereocenters. The molecule has 0 amide bonds. The minimum absolute atomic E-state index is 0.254. The minimum Gasteiger partial charge on any atom is -0.507 e. The van der Waals surface area contributed by atoms with Crippen LogP contribution in [0.4, 0.5) is 8.78 Å². The molecule has 3 nitrogen and oxygen atoms in total. The van der Waals surface area contributed by atoms with Crippen molar-refractivity contribution >= 4 is 0 Å². The summed E-state index contributed by atoms with van der Waals surface area (Å²) in [5.74, 6) is -0.198. The van der Waals surface area contributed by atoms with Crippen molar-refractivity contribution in [2.24, 2.45) is 5.73 Å². The largest absolute Gasteiger partial charge is 0.507 e. The van der Waals surface area contributed by atoms with Crippen LogP contribution in [0.5, 0.6) is 11.5 Å². The number of halogens is 2. The van der Waals surface area contributed by atoms with Crippen LogP contribution in [0.1, 0.15) is 30.5 Å². The van der Waals surface area contributed by atoms with Gasteiger partial charge in [0, 0.05) is 11.6 Å². The SMILES string of the molecule is COc1cc(C(C)N)c(O)c(C(F)F)c1. The molecule has 1 unspecified atom stereocenters. The lowest BCUT2D eigenvalue weighted by atomic mass is 10.0. The van der Waals surface area contributed by atoms with Crippen molar-refractivity contribution in [2.75, 3.05) is 7.11 Å².